The van der Waals surface area contributed by atoms with Gasteiger partial charge >= 0.3 is 0 Å². The number of halogens is 2. The van der Waals surface area contributed by atoms with Gasteiger partial charge in [-0.05, 0) is 76.6 Å². The summed E-state index contributed by atoms with van der Waals surface area (Å²) < 4.78 is 5.85. The van der Waals surface area contributed by atoms with Crippen LogP contribution in [0, 0.1) is 6.92 Å². The summed E-state index contributed by atoms with van der Waals surface area (Å²) in [6.07, 6.45) is 7.53. The van der Waals surface area contributed by atoms with Crippen LogP contribution in [0.15, 0.2) is 24.4 Å². The van der Waals surface area contributed by atoms with Gasteiger partial charge in [-0.25, -0.2) is 4.98 Å². The van der Waals surface area contributed by atoms with Crippen molar-refractivity contribution in [2.45, 2.75) is 70.6 Å². The van der Waals surface area contributed by atoms with Crippen LogP contribution in [-0.2, 0) is 4.79 Å². The van der Waals surface area contributed by atoms with Crippen molar-refractivity contribution in [2.24, 2.45) is 5.73 Å². The molecule has 2 fully saturated rings. The average Bonchev–Trinajstić information content (AvgIpc) is 2.97. The first-order valence-electron chi connectivity index (χ1n) is 11.1. The SMILES string of the molecule is Cc1c(N2C3CCCC2CC3)cnc(NC(=O)C(C)(C)Oc2ccc(Cl)cc2Cl)c1C(N)=O. The third-order valence-electron chi connectivity index (χ3n) is 6.57. The van der Waals surface area contributed by atoms with Gasteiger partial charge < -0.3 is 20.7 Å². The van der Waals surface area contributed by atoms with E-state index in [1.54, 1.807) is 32.2 Å². The maximum Gasteiger partial charge on any atom is 0.269 e. The summed E-state index contributed by atoms with van der Waals surface area (Å²) in [4.78, 5) is 32.3. The van der Waals surface area contributed by atoms with Crippen LogP contribution in [0.5, 0.6) is 5.75 Å². The summed E-state index contributed by atoms with van der Waals surface area (Å²) in [5, 5.41) is 3.48. The summed E-state index contributed by atoms with van der Waals surface area (Å²) in [7, 11) is 0. The summed E-state index contributed by atoms with van der Waals surface area (Å²) in [5.74, 6) is -0.692. The molecule has 2 amide bonds. The number of hydrogen-bond acceptors (Lipinski definition) is 5. The Balaban J connectivity index is 1.60. The number of carbonyl (C=O) groups is 2. The van der Waals surface area contributed by atoms with E-state index >= 15 is 0 Å². The quantitative estimate of drug-likeness (QED) is 0.585. The molecule has 176 valence electrons. The Labute approximate surface area is 203 Å². The van der Waals surface area contributed by atoms with Gasteiger partial charge in [-0.2, -0.15) is 0 Å². The number of nitrogens with two attached hydrogens (primary N) is 1. The van der Waals surface area contributed by atoms with Crippen LogP contribution in [0.4, 0.5) is 11.5 Å². The first-order valence-corrected chi connectivity index (χ1v) is 11.9. The van der Waals surface area contributed by atoms with Crippen molar-refractivity contribution in [3.63, 3.8) is 0 Å². The third kappa shape index (κ3) is 4.62. The fraction of sp³-hybridized carbons (Fsp3) is 0.458. The van der Waals surface area contributed by atoms with Crippen LogP contribution in [-0.4, -0.2) is 34.5 Å². The molecular weight excluding hydrogens is 463 g/mol. The number of carbonyl (C=O) groups excluding carboxylic acids is 2. The molecule has 1 aromatic carbocycles. The van der Waals surface area contributed by atoms with Gasteiger partial charge in [-0.3, -0.25) is 9.59 Å². The highest BCUT2D eigenvalue weighted by Crippen LogP contribution is 2.41. The molecule has 0 radical (unpaired) electrons. The number of fused-ring (bicyclic) bond motifs is 2. The molecule has 9 heteroatoms. The Bertz CT molecular complexity index is 1090. The molecule has 2 aromatic rings. The van der Waals surface area contributed by atoms with Gasteiger partial charge in [0.15, 0.2) is 5.60 Å². The van der Waals surface area contributed by atoms with E-state index < -0.39 is 17.4 Å². The van der Waals surface area contributed by atoms with Crippen LogP contribution in [0.3, 0.4) is 0 Å². The molecule has 2 saturated heterocycles. The maximum absolute atomic E-state index is 13.1. The molecule has 2 atom stereocenters. The van der Waals surface area contributed by atoms with Crippen molar-refractivity contribution < 1.29 is 14.3 Å². The van der Waals surface area contributed by atoms with Crippen molar-refractivity contribution in [3.05, 3.63) is 45.6 Å². The smallest absolute Gasteiger partial charge is 0.269 e. The highest BCUT2D eigenvalue weighted by atomic mass is 35.5. The van der Waals surface area contributed by atoms with Crippen LogP contribution >= 0.6 is 23.2 Å². The zero-order valence-electron chi connectivity index (χ0n) is 19.0. The number of benzene rings is 1. The average molecular weight is 491 g/mol. The minimum Gasteiger partial charge on any atom is -0.476 e. The molecular formula is C24H28Cl2N4O3. The van der Waals surface area contributed by atoms with E-state index in [1.165, 1.54) is 12.5 Å². The van der Waals surface area contributed by atoms with Gasteiger partial charge in [0.1, 0.15) is 11.6 Å². The van der Waals surface area contributed by atoms with Gasteiger partial charge in [-0.15, -0.1) is 0 Å². The summed E-state index contributed by atoms with van der Waals surface area (Å²) in [6, 6.07) is 5.68. The molecule has 1 aromatic heterocycles. The maximum atomic E-state index is 13.1. The predicted octanol–water partition coefficient (Wildman–Crippen LogP) is 5.11. The normalized spacial score (nSPS) is 20.0. The highest BCUT2D eigenvalue weighted by Gasteiger charge is 2.38. The Morgan fingerprint density at radius 1 is 1.18 bits per heavy atom. The number of anilines is 2. The number of hydrogen-bond donors (Lipinski definition) is 2. The first-order chi connectivity index (χ1) is 15.6. The largest absolute Gasteiger partial charge is 0.476 e. The van der Waals surface area contributed by atoms with Crippen LogP contribution in [0.25, 0.3) is 0 Å². The molecule has 0 spiro atoms. The predicted molar refractivity (Wildman–Crippen MR) is 130 cm³/mol. The van der Waals surface area contributed by atoms with Gasteiger partial charge in [0, 0.05) is 17.1 Å². The monoisotopic (exact) mass is 490 g/mol. The minimum absolute atomic E-state index is 0.122. The second kappa shape index (κ2) is 9.03. The lowest BCUT2D eigenvalue weighted by Crippen LogP contribution is -2.43. The van der Waals surface area contributed by atoms with Gasteiger partial charge in [-0.1, -0.05) is 23.2 Å². The van der Waals surface area contributed by atoms with Gasteiger partial charge in [0.2, 0.25) is 0 Å². The van der Waals surface area contributed by atoms with Crippen molar-refractivity contribution >= 4 is 46.5 Å². The van der Waals surface area contributed by atoms with Crippen molar-refractivity contribution in [3.8, 4) is 5.75 Å². The minimum atomic E-state index is -1.31. The number of primary amides is 1. The topological polar surface area (TPSA) is 97.6 Å². The number of rotatable bonds is 6. The molecule has 3 heterocycles. The molecule has 2 bridgehead atoms. The standard InChI is InChI=1S/C24H28Cl2N4O3/c1-13-18(30-15-5-4-6-16(30)9-8-15)12-28-22(20(13)21(27)31)29-23(32)24(2,3)33-19-10-7-14(25)11-17(19)26/h7,10-12,15-16H,4-6,8-9H2,1-3H3,(H2,27,31)(H,28,29,32). The van der Waals surface area contributed by atoms with Crippen LogP contribution < -0.4 is 20.7 Å². The second-order valence-corrected chi connectivity index (χ2v) is 10.1. The first kappa shape index (κ1) is 23.6. The van der Waals surface area contributed by atoms with Crippen molar-refractivity contribution in [1.29, 1.82) is 0 Å². The number of nitrogens with zero attached hydrogens (tertiary/aromatic N) is 2. The highest BCUT2D eigenvalue weighted by molar-refractivity contribution is 6.35. The number of pyridine rings is 1. The van der Waals surface area contributed by atoms with Crippen molar-refractivity contribution in [2.75, 3.05) is 10.2 Å². The lowest BCUT2D eigenvalue weighted by atomic mass is 9.99. The van der Waals surface area contributed by atoms with Crippen LogP contribution in [0.2, 0.25) is 10.0 Å². The molecule has 2 aliphatic heterocycles. The summed E-state index contributed by atoms with van der Waals surface area (Å²) in [6.45, 7) is 5.06. The zero-order valence-corrected chi connectivity index (χ0v) is 20.5. The Kier molecular flexibility index (Phi) is 6.47. The van der Waals surface area contributed by atoms with E-state index in [9.17, 15) is 9.59 Å². The van der Waals surface area contributed by atoms with E-state index in [0.717, 1.165) is 36.9 Å². The van der Waals surface area contributed by atoms with E-state index in [1.807, 2.05) is 6.92 Å². The Morgan fingerprint density at radius 3 is 2.45 bits per heavy atom. The Morgan fingerprint density at radius 2 is 1.85 bits per heavy atom. The van der Waals surface area contributed by atoms with E-state index in [-0.39, 0.29) is 16.4 Å². The number of piperidine rings is 1. The molecule has 0 saturated carbocycles. The fourth-order valence-corrected chi connectivity index (χ4v) is 5.34. The van der Waals surface area contributed by atoms with Crippen molar-refractivity contribution in [1.82, 2.24) is 4.98 Å². The lowest BCUT2D eigenvalue weighted by Gasteiger charge is -2.38. The number of ether oxygens (including phenoxy) is 1. The molecule has 4 rings (SSSR count). The lowest BCUT2D eigenvalue weighted by molar-refractivity contribution is -0.128. The summed E-state index contributed by atoms with van der Waals surface area (Å²) >= 11 is 12.1. The molecule has 3 N–H and O–H groups in total. The summed E-state index contributed by atoms with van der Waals surface area (Å²) in [5.41, 5.74) is 6.27. The second-order valence-electron chi connectivity index (χ2n) is 9.22. The number of amides is 2. The number of aromatic nitrogens is 1. The van der Waals surface area contributed by atoms with E-state index in [0.29, 0.717) is 22.9 Å². The molecule has 7 nitrogen and oxygen atoms in total. The third-order valence-corrected chi connectivity index (χ3v) is 7.10. The molecule has 33 heavy (non-hydrogen) atoms. The van der Waals surface area contributed by atoms with Gasteiger partial charge in [0.05, 0.1) is 22.5 Å². The van der Waals surface area contributed by atoms with Gasteiger partial charge in [0.25, 0.3) is 11.8 Å². The molecule has 2 unspecified atom stereocenters. The fourth-order valence-electron chi connectivity index (χ4n) is 4.90. The molecule has 2 aliphatic rings. The van der Waals surface area contributed by atoms with E-state index in [2.05, 4.69) is 15.2 Å². The Hall–Kier alpha value is -2.51. The number of nitrogens with one attached hydrogen (secondary N) is 1. The van der Waals surface area contributed by atoms with E-state index in [4.69, 9.17) is 33.7 Å². The molecule has 0 aliphatic carbocycles. The van der Waals surface area contributed by atoms with Crippen LogP contribution in [0.1, 0.15) is 61.9 Å². The zero-order chi connectivity index (χ0) is 23.9.